The zero-order chi connectivity index (χ0) is 20.4. The van der Waals surface area contributed by atoms with Crippen molar-refractivity contribution in [3.8, 4) is 0 Å². The molecule has 3 rings (SSSR count). The molecule has 1 amide bonds. The lowest BCUT2D eigenvalue weighted by molar-refractivity contribution is -0.180. The van der Waals surface area contributed by atoms with Crippen molar-refractivity contribution < 1.29 is 38.9 Å². The number of carboxylic acids is 1. The number of aliphatic hydroxyl groups excluding tert-OH is 1. The largest absolute Gasteiger partial charge is 0.477 e. The second-order valence-corrected chi connectivity index (χ2v) is 7.22. The quantitative estimate of drug-likeness (QED) is 0.510. The van der Waals surface area contributed by atoms with E-state index in [1.807, 2.05) is 0 Å². The third kappa shape index (κ3) is 3.73. The van der Waals surface area contributed by atoms with Crippen molar-refractivity contribution in [3.63, 3.8) is 0 Å². The highest BCUT2D eigenvalue weighted by atomic mass is 32.2. The summed E-state index contributed by atoms with van der Waals surface area (Å²) in [4.78, 5) is 48.2. The Morgan fingerprint density at radius 2 is 1.96 bits per heavy atom. The SMILES string of the molecule is CC(=O)OCC1=C(C(=O)O)N2C(=O)[C@@H](OC(=O)C(O)c3ccccc3)[C@H]2SC1. The van der Waals surface area contributed by atoms with E-state index in [4.69, 9.17) is 9.47 Å². The van der Waals surface area contributed by atoms with Gasteiger partial charge in [-0.2, -0.15) is 0 Å². The number of hydrogen-bond acceptors (Lipinski definition) is 8. The fraction of sp³-hybridized carbons (Fsp3) is 0.333. The molecule has 1 unspecified atom stereocenters. The molecule has 10 heteroatoms. The highest BCUT2D eigenvalue weighted by molar-refractivity contribution is 8.00. The normalized spacial score (nSPS) is 22.1. The van der Waals surface area contributed by atoms with Gasteiger partial charge in [0.2, 0.25) is 6.10 Å². The number of carboxylic acid groups (broad SMARTS) is 1. The van der Waals surface area contributed by atoms with Gasteiger partial charge in [-0.3, -0.25) is 14.5 Å². The summed E-state index contributed by atoms with van der Waals surface area (Å²) in [6.45, 7) is 0.958. The van der Waals surface area contributed by atoms with Gasteiger partial charge >= 0.3 is 17.9 Å². The first-order valence-electron chi connectivity index (χ1n) is 8.28. The molecule has 2 heterocycles. The number of rotatable bonds is 6. The molecule has 2 aliphatic rings. The van der Waals surface area contributed by atoms with Crippen molar-refractivity contribution in [2.75, 3.05) is 12.4 Å². The van der Waals surface area contributed by atoms with Crippen molar-refractivity contribution in [2.24, 2.45) is 0 Å². The fourth-order valence-corrected chi connectivity index (χ4v) is 4.18. The zero-order valence-electron chi connectivity index (χ0n) is 14.7. The van der Waals surface area contributed by atoms with Gasteiger partial charge in [0.25, 0.3) is 5.91 Å². The highest BCUT2D eigenvalue weighted by Crippen LogP contribution is 2.42. The molecule has 148 valence electrons. The van der Waals surface area contributed by atoms with E-state index in [-0.39, 0.29) is 23.6 Å². The molecule has 0 bridgehead atoms. The predicted molar refractivity (Wildman–Crippen MR) is 95.7 cm³/mol. The number of carbonyl (C=O) groups excluding carboxylic acids is 3. The number of β-lactam (4-membered cyclic amide) rings is 1. The fourth-order valence-electron chi connectivity index (χ4n) is 2.88. The van der Waals surface area contributed by atoms with Gasteiger partial charge in [-0.05, 0) is 5.56 Å². The second kappa shape index (κ2) is 8.03. The van der Waals surface area contributed by atoms with Gasteiger partial charge in [-0.25, -0.2) is 9.59 Å². The van der Waals surface area contributed by atoms with Crippen LogP contribution in [0.5, 0.6) is 0 Å². The number of hydrogen-bond donors (Lipinski definition) is 2. The molecule has 2 aliphatic heterocycles. The molecule has 1 fully saturated rings. The number of amides is 1. The van der Waals surface area contributed by atoms with Gasteiger partial charge in [-0.15, -0.1) is 11.8 Å². The minimum absolute atomic E-state index is 0.193. The number of fused-ring (bicyclic) bond motifs is 1. The van der Waals surface area contributed by atoms with E-state index in [0.29, 0.717) is 5.56 Å². The molecule has 1 aromatic carbocycles. The first-order chi connectivity index (χ1) is 13.3. The first-order valence-corrected chi connectivity index (χ1v) is 9.33. The van der Waals surface area contributed by atoms with E-state index in [1.165, 1.54) is 18.7 Å². The van der Waals surface area contributed by atoms with Crippen molar-refractivity contribution >= 4 is 35.6 Å². The molecule has 0 radical (unpaired) electrons. The summed E-state index contributed by atoms with van der Waals surface area (Å²) in [6, 6.07) is 8.10. The highest BCUT2D eigenvalue weighted by Gasteiger charge is 2.56. The predicted octanol–water partition coefficient (Wildman–Crippen LogP) is 0.449. The standard InChI is InChI=1S/C18H17NO8S/c1-9(20)26-7-11-8-28-16-14(15(22)19(16)12(11)17(23)24)27-18(25)13(21)10-5-3-2-4-6-10/h2-6,13-14,16,21H,7-8H2,1H3,(H,23,24)/t13?,14-,16-/m1/s1. The number of esters is 2. The van der Waals surface area contributed by atoms with Crippen LogP contribution >= 0.6 is 11.8 Å². The van der Waals surface area contributed by atoms with E-state index in [0.717, 1.165) is 4.90 Å². The van der Waals surface area contributed by atoms with Crippen molar-refractivity contribution in [1.29, 1.82) is 0 Å². The van der Waals surface area contributed by atoms with E-state index >= 15 is 0 Å². The Kier molecular flexibility index (Phi) is 5.71. The molecule has 28 heavy (non-hydrogen) atoms. The Hall–Kier alpha value is -2.85. The molecule has 0 saturated carbocycles. The van der Waals surface area contributed by atoms with Gasteiger partial charge in [0.15, 0.2) is 6.10 Å². The molecule has 0 aliphatic carbocycles. The Labute approximate surface area is 163 Å². The second-order valence-electron chi connectivity index (χ2n) is 6.12. The summed E-state index contributed by atoms with van der Waals surface area (Å²) < 4.78 is 9.99. The van der Waals surface area contributed by atoms with Crippen molar-refractivity contribution in [1.82, 2.24) is 4.90 Å². The molecule has 9 nitrogen and oxygen atoms in total. The van der Waals surface area contributed by atoms with E-state index in [2.05, 4.69) is 0 Å². The van der Waals surface area contributed by atoms with Crippen LogP contribution in [0.3, 0.4) is 0 Å². The van der Waals surface area contributed by atoms with Crippen LogP contribution in [0.4, 0.5) is 0 Å². The van der Waals surface area contributed by atoms with Crippen LogP contribution in [0.25, 0.3) is 0 Å². The number of thioether (sulfide) groups is 1. The maximum atomic E-state index is 12.4. The summed E-state index contributed by atoms with van der Waals surface area (Å²) in [6.07, 6.45) is -2.74. The van der Waals surface area contributed by atoms with Gasteiger partial charge < -0.3 is 19.7 Å². The van der Waals surface area contributed by atoms with Crippen molar-refractivity contribution in [2.45, 2.75) is 24.5 Å². The van der Waals surface area contributed by atoms with Crippen LogP contribution in [-0.2, 0) is 28.7 Å². The third-order valence-electron chi connectivity index (χ3n) is 4.23. The topological polar surface area (TPSA) is 130 Å². The summed E-state index contributed by atoms with van der Waals surface area (Å²) in [5.74, 6) is -3.41. The lowest BCUT2D eigenvalue weighted by Gasteiger charge is -2.48. The maximum Gasteiger partial charge on any atom is 0.352 e. The molecule has 0 aromatic heterocycles. The van der Waals surface area contributed by atoms with Crippen molar-refractivity contribution in [3.05, 3.63) is 47.2 Å². The number of aliphatic carboxylic acids is 1. The zero-order valence-corrected chi connectivity index (χ0v) is 15.5. The first kappa shape index (κ1) is 19.9. The van der Waals surface area contributed by atoms with Gasteiger partial charge in [0.05, 0.1) is 0 Å². The average Bonchev–Trinajstić information content (AvgIpc) is 2.69. The van der Waals surface area contributed by atoms with E-state index < -0.39 is 41.4 Å². The average molecular weight is 407 g/mol. The maximum absolute atomic E-state index is 12.4. The molecule has 2 N–H and O–H groups in total. The number of aliphatic hydroxyl groups is 1. The van der Waals surface area contributed by atoms with Crippen LogP contribution in [0.1, 0.15) is 18.6 Å². The van der Waals surface area contributed by atoms with Gasteiger partial charge in [0, 0.05) is 18.2 Å². The smallest absolute Gasteiger partial charge is 0.352 e. The molecule has 3 atom stereocenters. The lowest BCUT2D eigenvalue weighted by atomic mass is 10.0. The minimum atomic E-state index is -1.55. The Morgan fingerprint density at radius 1 is 1.29 bits per heavy atom. The van der Waals surface area contributed by atoms with Crippen LogP contribution in [0, 0.1) is 0 Å². The number of nitrogens with zero attached hydrogens (tertiary/aromatic N) is 1. The Morgan fingerprint density at radius 3 is 2.57 bits per heavy atom. The van der Waals surface area contributed by atoms with Crippen LogP contribution in [0.15, 0.2) is 41.6 Å². The lowest BCUT2D eigenvalue weighted by Crippen LogP contribution is -2.66. The molecule has 1 saturated heterocycles. The summed E-state index contributed by atoms with van der Waals surface area (Å²) in [5.41, 5.74) is 0.333. The number of carbonyl (C=O) groups is 4. The molecular weight excluding hydrogens is 390 g/mol. The summed E-state index contributed by atoms with van der Waals surface area (Å²) in [5, 5.41) is 18.8. The monoisotopic (exact) mass is 407 g/mol. The van der Waals surface area contributed by atoms with Gasteiger partial charge in [0.1, 0.15) is 17.7 Å². The van der Waals surface area contributed by atoms with Crippen LogP contribution in [-0.4, -0.2) is 62.8 Å². The van der Waals surface area contributed by atoms with Gasteiger partial charge in [-0.1, -0.05) is 30.3 Å². The summed E-state index contributed by atoms with van der Waals surface area (Å²) >= 11 is 1.19. The van der Waals surface area contributed by atoms with Crippen LogP contribution in [0.2, 0.25) is 0 Å². The Bertz CT molecular complexity index is 852. The number of ether oxygens (including phenoxy) is 2. The van der Waals surface area contributed by atoms with E-state index in [9.17, 15) is 29.4 Å². The summed E-state index contributed by atoms with van der Waals surface area (Å²) in [7, 11) is 0. The van der Waals surface area contributed by atoms with E-state index in [1.54, 1.807) is 30.3 Å². The third-order valence-corrected chi connectivity index (χ3v) is 5.55. The van der Waals surface area contributed by atoms with Crippen LogP contribution < -0.4 is 0 Å². The minimum Gasteiger partial charge on any atom is -0.477 e. The number of benzene rings is 1. The molecule has 0 spiro atoms. The Balaban J connectivity index is 1.72. The molecular formula is C18H17NO8S. The molecule has 1 aromatic rings.